The molecule has 3 rings (SSSR count). The van der Waals surface area contributed by atoms with Crippen molar-refractivity contribution in [1.29, 1.82) is 0 Å². The Hall–Kier alpha value is -2.84. The Morgan fingerprint density at radius 2 is 1.96 bits per heavy atom. The lowest BCUT2D eigenvalue weighted by Gasteiger charge is -2.09. The first-order valence-electron chi connectivity index (χ1n) is 7.15. The summed E-state index contributed by atoms with van der Waals surface area (Å²) in [4.78, 5) is 0. The minimum atomic E-state index is -4.31. The molecule has 24 heavy (non-hydrogen) atoms. The van der Waals surface area contributed by atoms with Gasteiger partial charge in [-0.15, -0.1) is 10.2 Å². The summed E-state index contributed by atoms with van der Waals surface area (Å²) in [5.74, 6) is 0.712. The molecule has 0 saturated carbocycles. The Kier molecular flexibility index (Phi) is 4.24. The molecule has 1 aromatic carbocycles. The zero-order valence-electron chi connectivity index (χ0n) is 12.7. The fourth-order valence-corrected chi connectivity index (χ4v) is 2.13. The molecule has 0 radical (unpaired) electrons. The molecule has 1 atom stereocenters. The van der Waals surface area contributed by atoms with Gasteiger partial charge in [-0.3, -0.25) is 4.68 Å². The highest BCUT2D eigenvalue weighted by atomic mass is 19.4. The Morgan fingerprint density at radius 1 is 1.21 bits per heavy atom. The van der Waals surface area contributed by atoms with Crippen molar-refractivity contribution in [3.63, 3.8) is 0 Å². The van der Waals surface area contributed by atoms with Crippen LogP contribution in [0.15, 0.2) is 47.1 Å². The zero-order chi connectivity index (χ0) is 17.2. The molecule has 2 heterocycles. The molecule has 0 bridgehead atoms. The van der Waals surface area contributed by atoms with E-state index in [1.807, 2.05) is 30.3 Å². The van der Waals surface area contributed by atoms with Crippen molar-refractivity contribution in [3.8, 4) is 11.5 Å². The fourth-order valence-electron chi connectivity index (χ4n) is 2.13. The van der Waals surface area contributed by atoms with Gasteiger partial charge in [-0.05, 0) is 19.1 Å². The van der Waals surface area contributed by atoms with Crippen molar-refractivity contribution >= 4 is 5.69 Å². The number of hydrogen-bond acceptors (Lipinski definition) is 5. The van der Waals surface area contributed by atoms with Gasteiger partial charge in [0.1, 0.15) is 12.6 Å². The summed E-state index contributed by atoms with van der Waals surface area (Å²) in [6.45, 7) is 0.630. The van der Waals surface area contributed by atoms with Gasteiger partial charge >= 0.3 is 6.18 Å². The average Bonchev–Trinajstić information content (AvgIpc) is 3.16. The maximum atomic E-state index is 12.3. The Bertz CT molecular complexity index is 797. The lowest BCUT2D eigenvalue weighted by Crippen LogP contribution is -2.17. The number of nitrogens with one attached hydrogen (secondary N) is 1. The molecule has 0 spiro atoms. The van der Waals surface area contributed by atoms with Crippen LogP contribution in [0.4, 0.5) is 18.9 Å². The van der Waals surface area contributed by atoms with Crippen LogP contribution in [0.1, 0.15) is 18.9 Å². The van der Waals surface area contributed by atoms with Crippen LogP contribution in [0, 0.1) is 0 Å². The first kappa shape index (κ1) is 16.0. The van der Waals surface area contributed by atoms with Gasteiger partial charge in [0.25, 0.3) is 0 Å². The van der Waals surface area contributed by atoms with Gasteiger partial charge in [0, 0.05) is 11.8 Å². The van der Waals surface area contributed by atoms with E-state index in [0.29, 0.717) is 17.5 Å². The van der Waals surface area contributed by atoms with Gasteiger partial charge in [0.05, 0.1) is 11.9 Å². The second-order valence-electron chi connectivity index (χ2n) is 5.22. The molecule has 0 aliphatic rings. The number of benzene rings is 1. The van der Waals surface area contributed by atoms with Crippen LogP contribution in [0.25, 0.3) is 11.5 Å². The van der Waals surface area contributed by atoms with Crippen molar-refractivity contribution in [2.24, 2.45) is 0 Å². The van der Waals surface area contributed by atoms with Crippen LogP contribution in [0.2, 0.25) is 0 Å². The van der Waals surface area contributed by atoms with Crippen LogP contribution < -0.4 is 5.32 Å². The van der Waals surface area contributed by atoms with Gasteiger partial charge in [-0.25, -0.2) is 0 Å². The monoisotopic (exact) mass is 337 g/mol. The van der Waals surface area contributed by atoms with Gasteiger partial charge < -0.3 is 9.73 Å². The van der Waals surface area contributed by atoms with E-state index in [1.165, 1.54) is 12.4 Å². The maximum absolute atomic E-state index is 12.3. The molecule has 126 valence electrons. The first-order valence-corrected chi connectivity index (χ1v) is 7.15. The topological polar surface area (TPSA) is 68.8 Å². The van der Waals surface area contributed by atoms with Crippen LogP contribution in [-0.4, -0.2) is 26.2 Å². The molecule has 3 aromatic rings. The van der Waals surface area contributed by atoms with E-state index in [0.717, 1.165) is 10.2 Å². The molecule has 1 N–H and O–H groups in total. The number of alkyl halides is 3. The normalized spacial score (nSPS) is 13.0. The van der Waals surface area contributed by atoms with E-state index >= 15 is 0 Å². The molecule has 0 fully saturated rings. The summed E-state index contributed by atoms with van der Waals surface area (Å²) in [6.07, 6.45) is -1.72. The molecule has 0 amide bonds. The largest absolute Gasteiger partial charge is 0.418 e. The third kappa shape index (κ3) is 3.92. The lowest BCUT2D eigenvalue weighted by molar-refractivity contribution is -0.142. The van der Waals surface area contributed by atoms with Crippen molar-refractivity contribution in [3.05, 3.63) is 48.6 Å². The molecular formula is C15H14F3N5O. The third-order valence-corrected chi connectivity index (χ3v) is 3.19. The van der Waals surface area contributed by atoms with E-state index in [9.17, 15) is 13.2 Å². The Morgan fingerprint density at radius 3 is 2.67 bits per heavy atom. The third-order valence-electron chi connectivity index (χ3n) is 3.19. The zero-order valence-corrected chi connectivity index (χ0v) is 12.7. The van der Waals surface area contributed by atoms with Crippen molar-refractivity contribution in [2.45, 2.75) is 25.7 Å². The summed E-state index contributed by atoms with van der Waals surface area (Å²) >= 11 is 0. The highest BCUT2D eigenvalue weighted by Gasteiger charge is 2.28. The van der Waals surface area contributed by atoms with Gasteiger partial charge in [-0.1, -0.05) is 18.2 Å². The summed E-state index contributed by atoms with van der Waals surface area (Å²) in [5.41, 5.74) is 1.23. The minimum Gasteiger partial charge on any atom is -0.418 e. The van der Waals surface area contributed by atoms with Crippen LogP contribution in [0.5, 0.6) is 0 Å². The summed E-state index contributed by atoms with van der Waals surface area (Å²) in [5, 5.41) is 14.6. The van der Waals surface area contributed by atoms with E-state index in [1.54, 1.807) is 6.92 Å². The average molecular weight is 337 g/mol. The fraction of sp³-hybridized carbons (Fsp3) is 0.267. The highest BCUT2D eigenvalue weighted by Crippen LogP contribution is 2.23. The number of aromatic nitrogens is 4. The Labute approximate surface area is 135 Å². The van der Waals surface area contributed by atoms with Crippen molar-refractivity contribution < 1.29 is 17.6 Å². The predicted octanol–water partition coefficient (Wildman–Crippen LogP) is 3.67. The molecule has 9 heteroatoms. The number of hydrogen-bond donors (Lipinski definition) is 1. The minimum absolute atomic E-state index is 0.331. The molecule has 0 saturated heterocycles. The maximum Gasteiger partial charge on any atom is 0.408 e. The molecule has 0 aliphatic heterocycles. The SMILES string of the molecule is C[C@@H](Nc1cnn(CC(F)(F)F)c1)c1nnc(-c2ccccc2)o1. The number of halogens is 3. The number of nitrogens with zero attached hydrogens (tertiary/aromatic N) is 4. The van der Waals surface area contributed by atoms with E-state index in [2.05, 4.69) is 20.6 Å². The standard InChI is InChI=1S/C15H14F3N5O/c1-10(20-12-7-19-23(8-12)9-15(16,17)18)13-21-22-14(24-13)11-5-3-2-4-6-11/h2-8,10,20H,9H2,1H3/t10-/m1/s1. The quantitative estimate of drug-likeness (QED) is 0.769. The first-order chi connectivity index (χ1) is 11.4. The van der Waals surface area contributed by atoms with Gasteiger partial charge in [-0.2, -0.15) is 18.3 Å². The predicted molar refractivity (Wildman–Crippen MR) is 80.1 cm³/mol. The smallest absolute Gasteiger partial charge is 0.408 e. The van der Waals surface area contributed by atoms with Crippen LogP contribution in [0.3, 0.4) is 0 Å². The van der Waals surface area contributed by atoms with Crippen LogP contribution >= 0.6 is 0 Å². The second-order valence-corrected chi connectivity index (χ2v) is 5.22. The molecule has 2 aromatic heterocycles. The summed E-state index contributed by atoms with van der Waals surface area (Å²) in [6, 6.07) is 8.90. The summed E-state index contributed by atoms with van der Waals surface area (Å²) in [7, 11) is 0. The highest BCUT2D eigenvalue weighted by molar-refractivity contribution is 5.52. The van der Waals surface area contributed by atoms with Crippen molar-refractivity contribution in [2.75, 3.05) is 5.32 Å². The lowest BCUT2D eigenvalue weighted by atomic mass is 10.2. The van der Waals surface area contributed by atoms with E-state index in [4.69, 9.17) is 4.42 Å². The second kappa shape index (κ2) is 6.34. The molecular weight excluding hydrogens is 323 g/mol. The number of rotatable bonds is 5. The van der Waals surface area contributed by atoms with Crippen molar-refractivity contribution in [1.82, 2.24) is 20.0 Å². The van der Waals surface area contributed by atoms with Gasteiger partial charge in [0.2, 0.25) is 11.8 Å². The molecule has 0 aliphatic carbocycles. The van der Waals surface area contributed by atoms with E-state index in [-0.39, 0.29) is 6.04 Å². The van der Waals surface area contributed by atoms with E-state index < -0.39 is 12.7 Å². The summed E-state index contributed by atoms with van der Waals surface area (Å²) < 4.78 is 43.4. The van der Waals surface area contributed by atoms with Gasteiger partial charge in [0.15, 0.2) is 0 Å². The Balaban J connectivity index is 1.67. The molecule has 6 nitrogen and oxygen atoms in total. The number of anilines is 1. The molecule has 0 unspecified atom stereocenters. The van der Waals surface area contributed by atoms with Crippen LogP contribution in [-0.2, 0) is 6.54 Å².